The van der Waals surface area contributed by atoms with Crippen molar-refractivity contribution in [3.8, 4) is 0 Å². The molecule has 2 heterocycles. The van der Waals surface area contributed by atoms with Crippen molar-refractivity contribution in [1.29, 1.82) is 0 Å². The van der Waals surface area contributed by atoms with Gasteiger partial charge in [0.15, 0.2) is 0 Å². The molecule has 3 aromatic rings. The largest absolute Gasteiger partial charge is 0.361 e. The lowest BCUT2D eigenvalue weighted by atomic mass is 10.1. The molecule has 0 bridgehead atoms. The molecule has 118 valence electrons. The summed E-state index contributed by atoms with van der Waals surface area (Å²) in [5.41, 5.74) is 2.23. The van der Waals surface area contributed by atoms with Crippen molar-refractivity contribution < 1.29 is 9.32 Å². The number of carbonyl (C=O) groups excluding carboxylic acids is 1. The van der Waals surface area contributed by atoms with E-state index in [9.17, 15) is 4.79 Å². The van der Waals surface area contributed by atoms with Gasteiger partial charge in [0.25, 0.3) is 5.91 Å². The highest BCUT2D eigenvalue weighted by Gasteiger charge is 2.24. The molecule has 0 spiro atoms. The first-order chi connectivity index (χ1) is 11.1. The van der Waals surface area contributed by atoms with Gasteiger partial charge >= 0.3 is 0 Å². The average molecular weight is 327 g/mol. The summed E-state index contributed by atoms with van der Waals surface area (Å²) in [7, 11) is 0. The van der Waals surface area contributed by atoms with Crippen LogP contribution in [-0.2, 0) is 13.1 Å². The fourth-order valence-corrected chi connectivity index (χ4v) is 3.07. The number of rotatable bonds is 5. The van der Waals surface area contributed by atoms with Crippen LogP contribution in [0.3, 0.4) is 0 Å². The number of thiazole rings is 1. The van der Waals surface area contributed by atoms with Crippen molar-refractivity contribution in [3.63, 3.8) is 0 Å². The van der Waals surface area contributed by atoms with Crippen molar-refractivity contribution in [2.75, 3.05) is 0 Å². The molecule has 23 heavy (non-hydrogen) atoms. The highest BCUT2D eigenvalue weighted by molar-refractivity contribution is 7.09. The molecule has 0 saturated carbocycles. The molecule has 0 atom stereocenters. The molecule has 0 aliphatic carbocycles. The number of hydrogen-bond acceptors (Lipinski definition) is 5. The van der Waals surface area contributed by atoms with Gasteiger partial charge in [-0.3, -0.25) is 4.79 Å². The summed E-state index contributed by atoms with van der Waals surface area (Å²) in [5.74, 6) is 0.463. The van der Waals surface area contributed by atoms with E-state index in [4.69, 9.17) is 4.52 Å². The third kappa shape index (κ3) is 3.48. The number of benzene rings is 1. The maximum Gasteiger partial charge on any atom is 0.260 e. The molecule has 2 aromatic heterocycles. The number of nitrogens with zero attached hydrogens (tertiary/aromatic N) is 3. The molecule has 6 heteroatoms. The van der Waals surface area contributed by atoms with E-state index in [2.05, 4.69) is 10.1 Å². The summed E-state index contributed by atoms with van der Waals surface area (Å²) in [4.78, 5) is 19.1. The van der Waals surface area contributed by atoms with Gasteiger partial charge in [0, 0.05) is 18.1 Å². The number of carbonyl (C=O) groups is 1. The topological polar surface area (TPSA) is 59.2 Å². The van der Waals surface area contributed by atoms with Crippen LogP contribution in [0, 0.1) is 13.8 Å². The van der Waals surface area contributed by atoms with Crippen molar-refractivity contribution in [2.24, 2.45) is 0 Å². The van der Waals surface area contributed by atoms with E-state index in [-0.39, 0.29) is 5.91 Å². The Morgan fingerprint density at radius 2 is 2.00 bits per heavy atom. The summed E-state index contributed by atoms with van der Waals surface area (Å²) >= 11 is 1.54. The third-order valence-electron chi connectivity index (χ3n) is 3.56. The van der Waals surface area contributed by atoms with Crippen LogP contribution in [0.15, 0.2) is 46.4 Å². The Balaban J connectivity index is 1.89. The van der Waals surface area contributed by atoms with E-state index in [1.54, 1.807) is 36.3 Å². The molecule has 1 amide bonds. The van der Waals surface area contributed by atoms with Crippen LogP contribution in [0.1, 0.15) is 32.4 Å². The zero-order valence-corrected chi connectivity index (χ0v) is 13.8. The zero-order valence-electron chi connectivity index (χ0n) is 13.0. The summed E-state index contributed by atoms with van der Waals surface area (Å²) < 4.78 is 5.14. The van der Waals surface area contributed by atoms with E-state index in [1.165, 1.54) is 0 Å². The van der Waals surface area contributed by atoms with Crippen molar-refractivity contribution in [3.05, 3.63) is 69.5 Å². The normalized spacial score (nSPS) is 10.7. The van der Waals surface area contributed by atoms with E-state index in [0.717, 1.165) is 10.6 Å². The van der Waals surface area contributed by atoms with Gasteiger partial charge in [-0.05, 0) is 19.4 Å². The van der Waals surface area contributed by atoms with Crippen LogP contribution < -0.4 is 0 Å². The monoisotopic (exact) mass is 327 g/mol. The summed E-state index contributed by atoms with van der Waals surface area (Å²) in [6.45, 7) is 4.53. The van der Waals surface area contributed by atoms with Gasteiger partial charge in [-0.15, -0.1) is 11.3 Å². The SMILES string of the molecule is Cc1noc(C)c1C(=O)N(Cc1ccccc1)Cc1nccs1. The molecule has 0 unspecified atom stereocenters. The molecule has 0 N–H and O–H groups in total. The average Bonchev–Trinajstić information content (AvgIpc) is 3.17. The number of aryl methyl sites for hydroxylation is 2. The smallest absolute Gasteiger partial charge is 0.260 e. The molecule has 0 aliphatic heterocycles. The minimum absolute atomic E-state index is 0.0831. The second-order valence-corrected chi connectivity index (χ2v) is 6.25. The second-order valence-electron chi connectivity index (χ2n) is 5.27. The summed E-state index contributed by atoms with van der Waals surface area (Å²) in [6.07, 6.45) is 1.75. The minimum Gasteiger partial charge on any atom is -0.361 e. The van der Waals surface area contributed by atoms with Gasteiger partial charge in [-0.2, -0.15) is 0 Å². The van der Waals surface area contributed by atoms with Crippen LogP contribution in [-0.4, -0.2) is 20.9 Å². The molecule has 0 radical (unpaired) electrons. The second kappa shape index (κ2) is 6.75. The number of amides is 1. The quantitative estimate of drug-likeness (QED) is 0.718. The van der Waals surface area contributed by atoms with Gasteiger partial charge in [-0.25, -0.2) is 4.98 Å². The first-order valence-electron chi connectivity index (χ1n) is 7.29. The van der Waals surface area contributed by atoms with Crippen LogP contribution in [0.5, 0.6) is 0 Å². The van der Waals surface area contributed by atoms with E-state index < -0.39 is 0 Å². The van der Waals surface area contributed by atoms with E-state index in [1.807, 2.05) is 35.7 Å². The molecular weight excluding hydrogens is 310 g/mol. The summed E-state index contributed by atoms with van der Waals surface area (Å²) in [5, 5.41) is 6.71. The number of aromatic nitrogens is 2. The standard InChI is InChI=1S/C17H17N3O2S/c1-12-16(13(2)22-19-12)17(21)20(11-15-18-8-9-23-15)10-14-6-4-3-5-7-14/h3-9H,10-11H2,1-2H3. The first-order valence-corrected chi connectivity index (χ1v) is 8.17. The van der Waals surface area contributed by atoms with Crippen molar-refractivity contribution in [1.82, 2.24) is 15.0 Å². The van der Waals surface area contributed by atoms with Gasteiger partial charge in [-0.1, -0.05) is 35.5 Å². The molecule has 0 aliphatic rings. The van der Waals surface area contributed by atoms with Gasteiger partial charge in [0.1, 0.15) is 16.3 Å². The Morgan fingerprint density at radius 3 is 2.61 bits per heavy atom. The van der Waals surface area contributed by atoms with Crippen molar-refractivity contribution >= 4 is 17.2 Å². The van der Waals surface area contributed by atoms with Crippen LogP contribution >= 0.6 is 11.3 Å². The van der Waals surface area contributed by atoms with Crippen molar-refractivity contribution in [2.45, 2.75) is 26.9 Å². The van der Waals surface area contributed by atoms with E-state index in [0.29, 0.717) is 30.1 Å². The first kappa shape index (κ1) is 15.4. The lowest BCUT2D eigenvalue weighted by Gasteiger charge is -2.21. The molecule has 5 nitrogen and oxygen atoms in total. The molecule has 3 rings (SSSR count). The highest BCUT2D eigenvalue weighted by atomic mass is 32.1. The molecular formula is C17H17N3O2S. The molecule has 1 aromatic carbocycles. The van der Waals surface area contributed by atoms with Crippen LogP contribution in [0.4, 0.5) is 0 Å². The molecule has 0 fully saturated rings. The predicted octanol–water partition coefficient (Wildman–Crippen LogP) is 3.59. The fourth-order valence-electron chi connectivity index (χ4n) is 2.44. The Hall–Kier alpha value is -2.47. The maximum atomic E-state index is 13.0. The maximum absolute atomic E-state index is 13.0. The van der Waals surface area contributed by atoms with Crippen LogP contribution in [0.2, 0.25) is 0 Å². The highest BCUT2D eigenvalue weighted by Crippen LogP contribution is 2.19. The Morgan fingerprint density at radius 1 is 1.22 bits per heavy atom. The van der Waals surface area contributed by atoms with Gasteiger partial charge in [0.05, 0.1) is 12.2 Å². The molecule has 0 saturated heterocycles. The Kier molecular flexibility index (Phi) is 4.52. The lowest BCUT2D eigenvalue weighted by Crippen LogP contribution is -2.30. The number of hydrogen-bond donors (Lipinski definition) is 0. The Labute approximate surface area is 138 Å². The third-order valence-corrected chi connectivity index (χ3v) is 4.32. The van der Waals surface area contributed by atoms with E-state index >= 15 is 0 Å². The summed E-state index contributed by atoms with van der Waals surface area (Å²) in [6, 6.07) is 9.92. The predicted molar refractivity (Wildman–Crippen MR) is 88.1 cm³/mol. The lowest BCUT2D eigenvalue weighted by molar-refractivity contribution is 0.0727. The van der Waals surface area contributed by atoms with Crippen LogP contribution in [0.25, 0.3) is 0 Å². The Bertz CT molecular complexity index is 762. The van der Waals surface area contributed by atoms with Gasteiger partial charge < -0.3 is 9.42 Å². The minimum atomic E-state index is -0.0831. The van der Waals surface area contributed by atoms with Gasteiger partial charge in [0.2, 0.25) is 0 Å². The zero-order chi connectivity index (χ0) is 16.2. The fraction of sp³-hybridized carbons (Fsp3) is 0.235.